The minimum atomic E-state index is 0.676. The van der Waals surface area contributed by atoms with E-state index in [0.717, 1.165) is 19.8 Å². The molecule has 0 spiro atoms. The zero-order valence-electron chi connectivity index (χ0n) is 10.1. The number of methoxy groups -OCH3 is 1. The lowest BCUT2D eigenvalue weighted by Crippen LogP contribution is -2.00. The van der Waals surface area contributed by atoms with Crippen molar-refractivity contribution in [2.45, 2.75) is 34.6 Å². The lowest BCUT2D eigenvalue weighted by molar-refractivity contribution is 0.122. The van der Waals surface area contributed by atoms with Gasteiger partial charge in [0.25, 0.3) is 0 Å². The molecular formula is C11H26O2. The molecule has 0 aromatic heterocycles. The standard InChI is InChI=1S/C6H14O.C5H12O/c1-4-7-5-6(2)3;1-5(2)4-6-3/h6H,4-5H2,1-3H3;5H,4H2,1-3H3. The summed E-state index contributed by atoms with van der Waals surface area (Å²) in [6.07, 6.45) is 0. The van der Waals surface area contributed by atoms with Crippen LogP contribution in [0.5, 0.6) is 0 Å². The largest absolute Gasteiger partial charge is 0.384 e. The Kier molecular flexibility index (Phi) is 14.1. The second kappa shape index (κ2) is 11.9. The highest BCUT2D eigenvalue weighted by Gasteiger charge is 1.88. The van der Waals surface area contributed by atoms with Gasteiger partial charge in [-0.1, -0.05) is 27.7 Å². The van der Waals surface area contributed by atoms with E-state index >= 15 is 0 Å². The molecule has 0 saturated carbocycles. The van der Waals surface area contributed by atoms with Gasteiger partial charge in [0, 0.05) is 26.9 Å². The number of ether oxygens (including phenoxy) is 2. The van der Waals surface area contributed by atoms with E-state index in [9.17, 15) is 0 Å². The molecule has 82 valence electrons. The van der Waals surface area contributed by atoms with Crippen LogP contribution < -0.4 is 0 Å². The molecule has 0 aromatic carbocycles. The molecule has 0 heterocycles. The predicted octanol–water partition coefficient (Wildman–Crippen LogP) is 2.97. The summed E-state index contributed by atoms with van der Waals surface area (Å²) >= 11 is 0. The normalized spacial score (nSPS) is 10.2. The van der Waals surface area contributed by atoms with Gasteiger partial charge in [-0.3, -0.25) is 0 Å². The van der Waals surface area contributed by atoms with Crippen molar-refractivity contribution >= 4 is 0 Å². The van der Waals surface area contributed by atoms with E-state index in [-0.39, 0.29) is 0 Å². The SMILES string of the molecule is CCOCC(C)C.COCC(C)C. The molecule has 2 heteroatoms. The van der Waals surface area contributed by atoms with Gasteiger partial charge in [-0.15, -0.1) is 0 Å². The fourth-order valence-electron chi connectivity index (χ4n) is 0.687. The van der Waals surface area contributed by atoms with Crippen LogP contribution in [0.2, 0.25) is 0 Å². The topological polar surface area (TPSA) is 18.5 Å². The molecule has 0 rings (SSSR count). The van der Waals surface area contributed by atoms with Crippen molar-refractivity contribution in [1.29, 1.82) is 0 Å². The molecule has 0 bridgehead atoms. The zero-order chi connectivity index (χ0) is 10.7. The lowest BCUT2D eigenvalue weighted by atomic mass is 10.2. The Labute approximate surface area is 83.6 Å². The van der Waals surface area contributed by atoms with Crippen LogP contribution in [-0.4, -0.2) is 26.9 Å². The minimum absolute atomic E-state index is 0.676. The molecule has 0 aromatic rings. The number of hydrogen-bond donors (Lipinski definition) is 0. The van der Waals surface area contributed by atoms with Crippen molar-refractivity contribution < 1.29 is 9.47 Å². The Morgan fingerprint density at radius 3 is 1.46 bits per heavy atom. The second-order valence-electron chi connectivity index (χ2n) is 3.90. The Morgan fingerprint density at radius 1 is 0.923 bits per heavy atom. The predicted molar refractivity (Wildman–Crippen MR) is 58.0 cm³/mol. The van der Waals surface area contributed by atoms with Crippen LogP contribution in [0, 0.1) is 11.8 Å². The monoisotopic (exact) mass is 190 g/mol. The van der Waals surface area contributed by atoms with Crippen molar-refractivity contribution in [3.8, 4) is 0 Å². The van der Waals surface area contributed by atoms with E-state index in [1.165, 1.54) is 0 Å². The number of hydrogen-bond acceptors (Lipinski definition) is 2. The van der Waals surface area contributed by atoms with Gasteiger partial charge in [0.2, 0.25) is 0 Å². The van der Waals surface area contributed by atoms with Gasteiger partial charge in [-0.25, -0.2) is 0 Å². The first-order valence-electron chi connectivity index (χ1n) is 5.11. The summed E-state index contributed by atoms with van der Waals surface area (Å²) in [6, 6.07) is 0. The van der Waals surface area contributed by atoms with Crippen molar-refractivity contribution in [3.05, 3.63) is 0 Å². The average Bonchev–Trinajstić information content (AvgIpc) is 2.01. The molecular weight excluding hydrogens is 164 g/mol. The lowest BCUT2D eigenvalue weighted by Gasteiger charge is -2.01. The summed E-state index contributed by atoms with van der Waals surface area (Å²) in [7, 11) is 1.72. The van der Waals surface area contributed by atoms with Gasteiger partial charge in [-0.2, -0.15) is 0 Å². The fraction of sp³-hybridized carbons (Fsp3) is 1.00. The molecule has 13 heavy (non-hydrogen) atoms. The van der Waals surface area contributed by atoms with Gasteiger partial charge in [-0.05, 0) is 18.8 Å². The zero-order valence-corrected chi connectivity index (χ0v) is 10.1. The quantitative estimate of drug-likeness (QED) is 0.663. The summed E-state index contributed by atoms with van der Waals surface area (Å²) in [6.45, 7) is 13.2. The van der Waals surface area contributed by atoms with Crippen molar-refractivity contribution in [2.24, 2.45) is 11.8 Å². The van der Waals surface area contributed by atoms with Crippen molar-refractivity contribution in [2.75, 3.05) is 26.9 Å². The molecule has 0 amide bonds. The van der Waals surface area contributed by atoms with Crippen LogP contribution in [-0.2, 0) is 9.47 Å². The molecule has 0 radical (unpaired) electrons. The summed E-state index contributed by atoms with van der Waals surface area (Å²) < 4.78 is 9.90. The Hall–Kier alpha value is -0.0800. The van der Waals surface area contributed by atoms with Gasteiger partial charge >= 0.3 is 0 Å². The molecule has 0 unspecified atom stereocenters. The van der Waals surface area contributed by atoms with Gasteiger partial charge in [0.1, 0.15) is 0 Å². The van der Waals surface area contributed by atoms with E-state index in [4.69, 9.17) is 9.47 Å². The first-order chi connectivity index (χ1) is 6.04. The highest BCUT2D eigenvalue weighted by atomic mass is 16.5. The summed E-state index contributed by atoms with van der Waals surface area (Å²) in [5, 5.41) is 0. The van der Waals surface area contributed by atoms with Gasteiger partial charge < -0.3 is 9.47 Å². The first kappa shape index (κ1) is 15.4. The van der Waals surface area contributed by atoms with Gasteiger partial charge in [0.15, 0.2) is 0 Å². The third-order valence-electron chi connectivity index (χ3n) is 1.16. The molecule has 0 saturated heterocycles. The number of rotatable bonds is 5. The van der Waals surface area contributed by atoms with Crippen LogP contribution in [0.3, 0.4) is 0 Å². The molecule has 0 N–H and O–H groups in total. The van der Waals surface area contributed by atoms with E-state index < -0.39 is 0 Å². The second-order valence-corrected chi connectivity index (χ2v) is 3.90. The van der Waals surface area contributed by atoms with Crippen molar-refractivity contribution in [3.63, 3.8) is 0 Å². The Morgan fingerprint density at radius 2 is 1.38 bits per heavy atom. The summed E-state index contributed by atoms with van der Waals surface area (Å²) in [4.78, 5) is 0. The molecule has 2 nitrogen and oxygen atoms in total. The molecule has 0 aliphatic rings. The third kappa shape index (κ3) is 24.5. The van der Waals surface area contributed by atoms with Crippen molar-refractivity contribution in [1.82, 2.24) is 0 Å². The van der Waals surface area contributed by atoms with Crippen LogP contribution in [0.25, 0.3) is 0 Å². The van der Waals surface area contributed by atoms with Crippen LogP contribution in [0.4, 0.5) is 0 Å². The average molecular weight is 190 g/mol. The minimum Gasteiger partial charge on any atom is -0.384 e. The van der Waals surface area contributed by atoms with Gasteiger partial charge in [0.05, 0.1) is 0 Å². The van der Waals surface area contributed by atoms with Crippen LogP contribution in [0.15, 0.2) is 0 Å². The summed E-state index contributed by atoms with van der Waals surface area (Å²) in [5.74, 6) is 1.36. The van der Waals surface area contributed by atoms with E-state index in [2.05, 4.69) is 27.7 Å². The fourth-order valence-corrected chi connectivity index (χ4v) is 0.687. The smallest absolute Gasteiger partial charge is 0.0488 e. The molecule has 0 atom stereocenters. The highest BCUT2D eigenvalue weighted by molar-refractivity contribution is 4.36. The van der Waals surface area contributed by atoms with Crippen LogP contribution in [0.1, 0.15) is 34.6 Å². The Bertz CT molecular complexity index is 80.2. The molecule has 0 aliphatic heterocycles. The Balaban J connectivity index is 0. The summed E-state index contributed by atoms with van der Waals surface area (Å²) in [5.41, 5.74) is 0. The maximum absolute atomic E-state index is 5.09. The molecule has 0 fully saturated rings. The first-order valence-corrected chi connectivity index (χ1v) is 5.11. The maximum Gasteiger partial charge on any atom is 0.0488 e. The van der Waals surface area contributed by atoms with E-state index in [1.807, 2.05) is 6.92 Å². The molecule has 0 aliphatic carbocycles. The van der Waals surface area contributed by atoms with E-state index in [1.54, 1.807) is 7.11 Å². The maximum atomic E-state index is 5.09. The van der Waals surface area contributed by atoms with E-state index in [0.29, 0.717) is 11.8 Å². The third-order valence-corrected chi connectivity index (χ3v) is 1.16. The van der Waals surface area contributed by atoms with Crippen LogP contribution >= 0.6 is 0 Å². The highest BCUT2D eigenvalue weighted by Crippen LogP contribution is 1.90.